The Morgan fingerprint density at radius 3 is 2.81 bits per heavy atom. The van der Waals surface area contributed by atoms with Crippen LogP contribution in [0.4, 0.5) is 0 Å². The number of hydrazone groups is 1. The molecule has 1 aromatic carbocycles. The fourth-order valence-electron chi connectivity index (χ4n) is 3.90. The summed E-state index contributed by atoms with van der Waals surface area (Å²) in [5.74, 6) is -0.444. The zero-order valence-electron chi connectivity index (χ0n) is 19.9. The fraction of sp³-hybridized carbons (Fsp3) is 0.280. The maximum Gasteiger partial charge on any atom is 0.338 e. The summed E-state index contributed by atoms with van der Waals surface area (Å²) in [6.45, 7) is 4.08. The van der Waals surface area contributed by atoms with Crippen molar-refractivity contribution in [2.24, 2.45) is 10.1 Å². The molecule has 190 valence electrons. The topological polar surface area (TPSA) is 138 Å². The molecule has 3 aliphatic heterocycles. The Balaban J connectivity index is 1.32. The molecule has 2 amide bonds. The maximum absolute atomic E-state index is 12.7. The summed E-state index contributed by atoms with van der Waals surface area (Å²) < 4.78 is 16.2. The highest BCUT2D eigenvalue weighted by Crippen LogP contribution is 2.31. The van der Waals surface area contributed by atoms with Crippen LogP contribution in [0.25, 0.3) is 17.4 Å². The number of esters is 1. The van der Waals surface area contributed by atoms with E-state index in [2.05, 4.69) is 10.1 Å². The molecule has 0 bridgehead atoms. The van der Waals surface area contributed by atoms with Gasteiger partial charge >= 0.3 is 5.97 Å². The van der Waals surface area contributed by atoms with Crippen molar-refractivity contribution in [3.63, 3.8) is 0 Å². The summed E-state index contributed by atoms with van der Waals surface area (Å²) in [5, 5.41) is 14.9. The van der Waals surface area contributed by atoms with Crippen molar-refractivity contribution in [1.29, 1.82) is 5.41 Å². The van der Waals surface area contributed by atoms with Gasteiger partial charge in [-0.15, -0.1) is 0 Å². The second-order valence-electron chi connectivity index (χ2n) is 8.19. The lowest BCUT2D eigenvalue weighted by atomic mass is 10.1. The highest BCUT2D eigenvalue weighted by molar-refractivity contribution is 8.27. The molecule has 12 heteroatoms. The molecule has 5 rings (SSSR count). The summed E-state index contributed by atoms with van der Waals surface area (Å²) in [4.78, 5) is 43.1. The van der Waals surface area contributed by atoms with E-state index in [1.54, 1.807) is 48.2 Å². The molecule has 0 saturated carbocycles. The summed E-state index contributed by atoms with van der Waals surface area (Å²) in [7, 11) is 0. The molecule has 11 nitrogen and oxygen atoms in total. The SMILES string of the molecule is CCOC(=O)c1cccc(-c2ccc(C=C3C(=N)N4N=C(CC(=O)N5CCOCC5)SC4=NC3=O)o2)c1. The first-order valence-electron chi connectivity index (χ1n) is 11.6. The third kappa shape index (κ3) is 5.25. The molecule has 0 unspecified atom stereocenters. The van der Waals surface area contributed by atoms with E-state index in [9.17, 15) is 14.4 Å². The predicted octanol–water partition coefficient (Wildman–Crippen LogP) is 2.99. The van der Waals surface area contributed by atoms with Gasteiger partial charge in [-0.05, 0) is 49.0 Å². The minimum absolute atomic E-state index is 0.00929. The van der Waals surface area contributed by atoms with Crippen LogP contribution >= 0.6 is 11.8 Å². The monoisotopic (exact) mass is 521 g/mol. The summed E-state index contributed by atoms with van der Waals surface area (Å²) >= 11 is 1.11. The molecule has 0 spiro atoms. The van der Waals surface area contributed by atoms with Gasteiger partial charge in [-0.3, -0.25) is 15.0 Å². The van der Waals surface area contributed by atoms with Crippen LogP contribution in [0, 0.1) is 5.41 Å². The number of carbonyl (C=O) groups is 3. The number of nitrogens with zero attached hydrogens (tertiary/aromatic N) is 4. The molecular weight excluding hydrogens is 498 g/mol. The molecular formula is C25H23N5O6S. The van der Waals surface area contributed by atoms with Crippen LogP contribution in [0.15, 0.2) is 56.5 Å². The first kappa shape index (κ1) is 24.7. The number of hydrogen-bond acceptors (Lipinski definition) is 9. The number of thioether (sulfide) groups is 1. The Bertz CT molecular complexity index is 1370. The second-order valence-corrected chi connectivity index (χ2v) is 9.23. The molecule has 3 aliphatic rings. The van der Waals surface area contributed by atoms with Gasteiger partial charge in [-0.1, -0.05) is 12.1 Å². The molecule has 1 N–H and O–H groups in total. The highest BCUT2D eigenvalue weighted by Gasteiger charge is 2.36. The van der Waals surface area contributed by atoms with Crippen molar-refractivity contribution in [3.8, 4) is 11.3 Å². The summed E-state index contributed by atoms with van der Waals surface area (Å²) in [6, 6.07) is 10.2. The Morgan fingerprint density at radius 1 is 1.22 bits per heavy atom. The minimum atomic E-state index is -0.595. The molecule has 1 aromatic heterocycles. The second kappa shape index (κ2) is 10.5. The number of benzene rings is 1. The van der Waals surface area contributed by atoms with Crippen molar-refractivity contribution in [3.05, 3.63) is 53.3 Å². The predicted molar refractivity (Wildman–Crippen MR) is 137 cm³/mol. The van der Waals surface area contributed by atoms with E-state index >= 15 is 0 Å². The Hall–Kier alpha value is -4.03. The number of hydrogen-bond donors (Lipinski definition) is 1. The molecule has 0 atom stereocenters. The van der Waals surface area contributed by atoms with Gasteiger partial charge in [0.2, 0.25) is 11.1 Å². The maximum atomic E-state index is 12.7. The van der Waals surface area contributed by atoms with Gasteiger partial charge in [0.1, 0.15) is 16.6 Å². The zero-order chi connectivity index (χ0) is 25.9. The molecule has 4 heterocycles. The number of aliphatic imine (C=N–C) groups is 1. The lowest BCUT2D eigenvalue weighted by Gasteiger charge is -2.26. The largest absolute Gasteiger partial charge is 0.462 e. The molecule has 37 heavy (non-hydrogen) atoms. The van der Waals surface area contributed by atoms with Crippen molar-refractivity contribution in [2.45, 2.75) is 13.3 Å². The Morgan fingerprint density at radius 2 is 2.03 bits per heavy atom. The van der Waals surface area contributed by atoms with Crippen molar-refractivity contribution < 1.29 is 28.3 Å². The smallest absolute Gasteiger partial charge is 0.338 e. The average Bonchev–Trinajstić information content (AvgIpc) is 3.54. The molecule has 1 saturated heterocycles. The number of ether oxygens (including phenoxy) is 2. The molecule has 0 radical (unpaired) electrons. The third-order valence-corrected chi connectivity index (χ3v) is 6.64. The van der Waals surface area contributed by atoms with Crippen LogP contribution < -0.4 is 0 Å². The molecule has 2 aromatic rings. The number of furan rings is 1. The number of rotatable bonds is 6. The Kier molecular flexibility index (Phi) is 7.01. The van der Waals surface area contributed by atoms with E-state index in [1.807, 2.05) is 0 Å². The van der Waals surface area contributed by atoms with Gasteiger partial charge in [-0.2, -0.15) is 15.1 Å². The number of carbonyl (C=O) groups excluding carboxylic acids is 3. The lowest BCUT2D eigenvalue weighted by Crippen LogP contribution is -2.41. The van der Waals surface area contributed by atoms with Crippen molar-refractivity contribution in [1.82, 2.24) is 9.91 Å². The normalized spacial score (nSPS) is 18.6. The van der Waals surface area contributed by atoms with Gasteiger partial charge < -0.3 is 18.8 Å². The number of amidine groups is 2. The molecule has 1 fully saturated rings. The number of fused-ring (bicyclic) bond motifs is 1. The highest BCUT2D eigenvalue weighted by atomic mass is 32.2. The third-order valence-electron chi connectivity index (χ3n) is 5.73. The quantitative estimate of drug-likeness (QED) is 0.452. The van der Waals surface area contributed by atoms with E-state index in [4.69, 9.17) is 19.3 Å². The van der Waals surface area contributed by atoms with Crippen molar-refractivity contribution >= 4 is 51.7 Å². The van der Waals surface area contributed by atoms with E-state index in [0.717, 1.165) is 11.8 Å². The lowest BCUT2D eigenvalue weighted by molar-refractivity contribution is -0.133. The van der Waals surface area contributed by atoms with Gasteiger partial charge in [-0.25, -0.2) is 4.79 Å². The summed E-state index contributed by atoms with van der Waals surface area (Å²) in [5.41, 5.74) is 1.07. The van der Waals surface area contributed by atoms with Crippen LogP contribution in [0.5, 0.6) is 0 Å². The van der Waals surface area contributed by atoms with Crippen molar-refractivity contribution in [2.75, 3.05) is 32.9 Å². The number of amides is 2. The van der Waals surface area contributed by atoms with E-state index < -0.39 is 11.9 Å². The van der Waals surface area contributed by atoms with Crippen LogP contribution in [-0.2, 0) is 19.1 Å². The Labute approximate surface area is 216 Å². The zero-order valence-corrected chi connectivity index (χ0v) is 20.7. The van der Waals surface area contributed by atoms with Gasteiger partial charge in [0.05, 0.1) is 37.4 Å². The van der Waals surface area contributed by atoms with E-state index in [-0.39, 0.29) is 35.5 Å². The minimum Gasteiger partial charge on any atom is -0.462 e. The van der Waals surface area contributed by atoms with E-state index in [1.165, 1.54) is 11.1 Å². The van der Waals surface area contributed by atoms with Crippen LogP contribution in [-0.4, -0.2) is 76.6 Å². The van der Waals surface area contributed by atoms with Crippen LogP contribution in [0.1, 0.15) is 29.5 Å². The molecule has 0 aliphatic carbocycles. The van der Waals surface area contributed by atoms with Gasteiger partial charge in [0.15, 0.2) is 5.84 Å². The standard InChI is InChI=1S/C25H23N5O6S/c1-2-35-24(33)16-5-3-4-15(12-16)19-7-6-17(36-19)13-18-22(26)30-25(27-23(18)32)37-20(28-30)14-21(31)29-8-10-34-11-9-29/h3-7,12-13,26H,2,8-11,14H2,1H3. The first-order chi connectivity index (χ1) is 17.9. The number of morpholine rings is 1. The van der Waals surface area contributed by atoms with Gasteiger partial charge in [0.25, 0.3) is 5.91 Å². The van der Waals surface area contributed by atoms with E-state index in [0.29, 0.717) is 54.0 Å². The van der Waals surface area contributed by atoms with Gasteiger partial charge in [0, 0.05) is 18.7 Å². The van der Waals surface area contributed by atoms with Crippen LogP contribution in [0.2, 0.25) is 0 Å². The average molecular weight is 522 g/mol. The number of nitrogens with one attached hydrogen (secondary N) is 1. The fourth-order valence-corrected chi connectivity index (χ4v) is 4.77. The van der Waals surface area contributed by atoms with Crippen LogP contribution in [0.3, 0.4) is 0 Å². The first-order valence-corrected chi connectivity index (χ1v) is 12.5. The summed E-state index contributed by atoms with van der Waals surface area (Å²) in [6.07, 6.45) is 1.49.